The van der Waals surface area contributed by atoms with Crippen LogP contribution in [0.4, 0.5) is 22.9 Å². The van der Waals surface area contributed by atoms with Crippen molar-refractivity contribution < 1.29 is 18.9 Å². The molecule has 5 heterocycles. The van der Waals surface area contributed by atoms with Crippen LogP contribution in [0.15, 0.2) is 77.4 Å². The molecule has 3 fully saturated rings. The average molecular weight is 880 g/mol. The first-order valence-corrected chi connectivity index (χ1v) is 22.8. The average Bonchev–Trinajstić information content (AvgIpc) is 3.82. The molecule has 15 nitrogen and oxygen atoms in total. The highest BCUT2D eigenvalue weighted by Crippen LogP contribution is 2.31. The van der Waals surface area contributed by atoms with Gasteiger partial charge in [0.1, 0.15) is 11.9 Å². The summed E-state index contributed by atoms with van der Waals surface area (Å²) < 4.78 is 5.26. The Morgan fingerprint density at radius 1 is 0.877 bits per heavy atom. The molecule has 3 amide bonds. The Kier molecular flexibility index (Phi) is 13.3. The standard InChI is InChI=1S/C50H61N11O4/c1-31-26-35(6-7-36(31)29-54-48(64)46-57-49(65-58-46)50(3,4)5)44(51)40-28-37(30-53-45(40)52)34-8-10-38(11-9-34)61-24-22-59(23-25-61)19-16-33-17-20-60(21-18-33)39-12-13-41(32(2)27-39)55-42-14-15-43(62)56-47(42)63/h6-13,26-28,30,33,42,51,55H,14-25,29H2,1-5H3,(H2,52,53)(H,54,64)(H,56,62,63). The lowest BCUT2D eigenvalue weighted by molar-refractivity contribution is -0.133. The van der Waals surface area contributed by atoms with E-state index in [-0.39, 0.29) is 41.4 Å². The Bertz CT molecular complexity index is 2550. The molecule has 0 saturated carbocycles. The number of piperazine rings is 1. The van der Waals surface area contributed by atoms with Gasteiger partial charge in [0, 0.05) is 97.6 Å². The van der Waals surface area contributed by atoms with E-state index in [4.69, 9.17) is 15.7 Å². The van der Waals surface area contributed by atoms with Gasteiger partial charge in [-0.1, -0.05) is 50.2 Å². The first-order valence-electron chi connectivity index (χ1n) is 22.8. The van der Waals surface area contributed by atoms with Gasteiger partial charge in [0.05, 0.1) is 5.71 Å². The van der Waals surface area contributed by atoms with Crippen LogP contribution < -0.4 is 31.5 Å². The number of pyridine rings is 1. The SMILES string of the molecule is Cc1cc(C(=N)c2cc(-c3ccc(N4CCN(CCC5CCN(c6ccc(NC7CCC(=O)NC7=O)c(C)c6)CC5)CC4)cc3)cnc2N)ccc1CNC(=O)c1noc(C(C)(C)C)n1. The number of nitrogens with one attached hydrogen (secondary N) is 4. The lowest BCUT2D eigenvalue weighted by Crippen LogP contribution is -2.47. The number of nitrogen functional groups attached to an aromatic ring is 1. The van der Waals surface area contributed by atoms with Gasteiger partial charge in [-0.25, -0.2) is 4.98 Å². The molecule has 3 aromatic carbocycles. The quantitative estimate of drug-likeness (QED) is 0.0627. The number of rotatable bonds is 13. The number of hydrogen-bond acceptors (Lipinski definition) is 13. The third-order valence-corrected chi connectivity index (χ3v) is 13.1. The first-order chi connectivity index (χ1) is 31.2. The fourth-order valence-electron chi connectivity index (χ4n) is 8.88. The summed E-state index contributed by atoms with van der Waals surface area (Å²) in [7, 11) is 0. The number of nitrogens with two attached hydrogens (primary N) is 1. The van der Waals surface area contributed by atoms with Crippen LogP contribution in [0.2, 0.25) is 0 Å². The number of anilines is 4. The molecule has 5 aromatic rings. The van der Waals surface area contributed by atoms with E-state index in [0.717, 1.165) is 85.2 Å². The van der Waals surface area contributed by atoms with E-state index in [1.807, 2.05) is 52.0 Å². The molecule has 1 atom stereocenters. The van der Waals surface area contributed by atoms with Crippen molar-refractivity contribution in [3.63, 3.8) is 0 Å². The number of hydrogen-bond donors (Lipinski definition) is 5. The number of aryl methyl sites for hydroxylation is 2. The highest BCUT2D eigenvalue weighted by atomic mass is 16.5. The highest BCUT2D eigenvalue weighted by molar-refractivity contribution is 6.14. The van der Waals surface area contributed by atoms with Gasteiger partial charge in [0.15, 0.2) is 0 Å². The molecule has 8 rings (SSSR count). The Hall–Kier alpha value is -6.61. The summed E-state index contributed by atoms with van der Waals surface area (Å²) in [5.74, 6) is 0.553. The maximum Gasteiger partial charge on any atom is 0.292 e. The third kappa shape index (κ3) is 10.7. The Morgan fingerprint density at radius 3 is 2.28 bits per heavy atom. The van der Waals surface area contributed by atoms with Crippen molar-refractivity contribution in [2.75, 3.05) is 66.7 Å². The molecule has 0 radical (unpaired) electrons. The van der Waals surface area contributed by atoms with Crippen LogP contribution >= 0.6 is 0 Å². The Morgan fingerprint density at radius 2 is 1.60 bits per heavy atom. The number of nitrogens with zero attached hydrogens (tertiary/aromatic N) is 6. The summed E-state index contributed by atoms with van der Waals surface area (Å²) in [6.45, 7) is 17.4. The molecule has 0 aliphatic carbocycles. The molecule has 0 spiro atoms. The third-order valence-electron chi connectivity index (χ3n) is 13.1. The maximum atomic E-state index is 12.7. The van der Waals surface area contributed by atoms with E-state index < -0.39 is 5.91 Å². The minimum Gasteiger partial charge on any atom is -0.383 e. The monoisotopic (exact) mass is 879 g/mol. The summed E-state index contributed by atoms with van der Waals surface area (Å²) in [4.78, 5) is 52.8. The molecule has 1 unspecified atom stereocenters. The number of aromatic nitrogens is 3. The highest BCUT2D eigenvalue weighted by Gasteiger charge is 2.28. The van der Waals surface area contributed by atoms with Crippen molar-refractivity contribution >= 4 is 46.3 Å². The summed E-state index contributed by atoms with van der Waals surface area (Å²) in [6, 6.07) is 22.3. The normalized spacial score (nSPS) is 17.5. The van der Waals surface area contributed by atoms with Crippen molar-refractivity contribution in [1.29, 1.82) is 5.41 Å². The molecule has 65 heavy (non-hydrogen) atoms. The molecular formula is C50H61N11O4. The zero-order chi connectivity index (χ0) is 45.8. The van der Waals surface area contributed by atoms with Gasteiger partial charge in [-0.15, -0.1) is 0 Å². The number of imide groups is 1. The number of benzene rings is 3. The van der Waals surface area contributed by atoms with Gasteiger partial charge >= 0.3 is 0 Å². The smallest absolute Gasteiger partial charge is 0.292 e. The van der Waals surface area contributed by atoms with Crippen molar-refractivity contribution in [3.05, 3.63) is 112 Å². The topological polar surface area (TPSA) is 199 Å². The van der Waals surface area contributed by atoms with E-state index in [2.05, 4.69) is 95.2 Å². The molecule has 2 aromatic heterocycles. The van der Waals surface area contributed by atoms with Crippen LogP contribution in [0.5, 0.6) is 0 Å². The van der Waals surface area contributed by atoms with Gasteiger partial charge in [-0.3, -0.25) is 30.0 Å². The predicted molar refractivity (Wildman–Crippen MR) is 255 cm³/mol. The van der Waals surface area contributed by atoms with E-state index >= 15 is 0 Å². The lowest BCUT2D eigenvalue weighted by Gasteiger charge is -2.38. The summed E-state index contributed by atoms with van der Waals surface area (Å²) in [5, 5.41) is 21.6. The number of amides is 3. The molecule has 3 aliphatic rings. The van der Waals surface area contributed by atoms with Crippen LogP contribution in [-0.4, -0.2) is 95.3 Å². The van der Waals surface area contributed by atoms with Crippen LogP contribution in [0.1, 0.15) is 97.2 Å². The van der Waals surface area contributed by atoms with Gasteiger partial charge in [0.2, 0.25) is 17.7 Å². The number of piperidine rings is 2. The summed E-state index contributed by atoms with van der Waals surface area (Å²) in [6.07, 6.45) is 6.23. The second kappa shape index (κ2) is 19.2. The first kappa shape index (κ1) is 45.0. The van der Waals surface area contributed by atoms with Crippen LogP contribution in [0.25, 0.3) is 11.1 Å². The lowest BCUT2D eigenvalue weighted by atomic mass is 9.92. The van der Waals surface area contributed by atoms with Crippen LogP contribution in [0, 0.1) is 25.2 Å². The molecular weight excluding hydrogens is 819 g/mol. The van der Waals surface area contributed by atoms with Crippen molar-refractivity contribution in [3.8, 4) is 11.1 Å². The molecule has 3 aliphatic heterocycles. The van der Waals surface area contributed by atoms with E-state index in [9.17, 15) is 14.4 Å². The minimum absolute atomic E-state index is 0.00136. The van der Waals surface area contributed by atoms with E-state index in [1.165, 1.54) is 30.6 Å². The fraction of sp³-hybridized carbons (Fsp3) is 0.420. The van der Waals surface area contributed by atoms with Crippen molar-refractivity contribution in [2.45, 2.75) is 84.7 Å². The van der Waals surface area contributed by atoms with E-state index in [1.54, 1.807) is 6.20 Å². The van der Waals surface area contributed by atoms with Crippen LogP contribution in [-0.2, 0) is 21.5 Å². The number of carbonyl (C=O) groups excluding carboxylic acids is 3. The molecule has 340 valence electrons. The van der Waals surface area contributed by atoms with Gasteiger partial charge in [0.25, 0.3) is 11.7 Å². The molecule has 0 bridgehead atoms. The zero-order valence-electron chi connectivity index (χ0n) is 38.2. The van der Waals surface area contributed by atoms with Gasteiger partial charge < -0.3 is 30.7 Å². The maximum absolute atomic E-state index is 12.7. The Labute approximate surface area is 381 Å². The van der Waals surface area contributed by atoms with Gasteiger partial charge in [-0.2, -0.15) is 4.98 Å². The Balaban J connectivity index is 0.782. The predicted octanol–water partition coefficient (Wildman–Crippen LogP) is 6.62. The number of carbonyl (C=O) groups is 3. The van der Waals surface area contributed by atoms with Crippen molar-refractivity contribution in [2.24, 2.45) is 5.92 Å². The second-order valence-corrected chi connectivity index (χ2v) is 18.8. The zero-order valence-corrected chi connectivity index (χ0v) is 38.2. The van der Waals surface area contributed by atoms with Crippen LogP contribution in [0.3, 0.4) is 0 Å². The second-order valence-electron chi connectivity index (χ2n) is 18.8. The van der Waals surface area contributed by atoms with E-state index in [0.29, 0.717) is 35.7 Å². The summed E-state index contributed by atoms with van der Waals surface area (Å²) >= 11 is 0. The molecule has 6 N–H and O–H groups in total. The van der Waals surface area contributed by atoms with Gasteiger partial charge in [-0.05, 0) is 117 Å². The fourth-order valence-corrected chi connectivity index (χ4v) is 8.88. The molecule has 3 saturated heterocycles. The summed E-state index contributed by atoms with van der Waals surface area (Å²) in [5.41, 5.74) is 15.7. The largest absolute Gasteiger partial charge is 0.383 e. The van der Waals surface area contributed by atoms with Crippen molar-refractivity contribution in [1.82, 2.24) is 30.7 Å². The minimum atomic E-state index is -0.414. The molecule has 15 heteroatoms.